The van der Waals surface area contributed by atoms with Crippen molar-refractivity contribution in [2.24, 2.45) is 0 Å². The van der Waals surface area contributed by atoms with Gasteiger partial charge in [0.15, 0.2) is 0 Å². The third-order valence-corrected chi connectivity index (χ3v) is 5.59. The zero-order valence-electron chi connectivity index (χ0n) is 18.1. The van der Waals surface area contributed by atoms with Crippen molar-refractivity contribution in [3.8, 4) is 0 Å². The lowest BCUT2D eigenvalue weighted by Crippen LogP contribution is -2.24. The molecule has 1 saturated heterocycles. The Kier molecular flexibility index (Phi) is 6.93. The molecule has 3 N–H and O–H groups in total. The first-order chi connectivity index (χ1) is 14.3. The van der Waals surface area contributed by atoms with E-state index >= 15 is 0 Å². The highest BCUT2D eigenvalue weighted by Crippen LogP contribution is 2.28. The topological polar surface area (TPSA) is 82.2 Å². The molecule has 0 saturated carbocycles. The first kappa shape index (κ1) is 22.0. The number of nitrogens with one attached hydrogen (secondary N) is 2. The van der Waals surface area contributed by atoms with E-state index in [0.29, 0.717) is 19.3 Å². The minimum absolute atomic E-state index is 0.0393. The van der Waals surface area contributed by atoms with E-state index in [1.165, 1.54) is 5.56 Å². The van der Waals surface area contributed by atoms with Gasteiger partial charge in [-0.3, -0.25) is 9.59 Å². The van der Waals surface area contributed by atoms with Crippen LogP contribution in [0.3, 0.4) is 0 Å². The van der Waals surface area contributed by atoms with Crippen LogP contribution in [0.2, 0.25) is 0 Å². The Bertz CT molecular complexity index is 965. The molecule has 0 radical (unpaired) electrons. The Morgan fingerprint density at radius 3 is 2.40 bits per heavy atom. The van der Waals surface area contributed by atoms with Gasteiger partial charge in [0, 0.05) is 35.9 Å². The van der Waals surface area contributed by atoms with Crippen LogP contribution in [-0.2, 0) is 16.6 Å². The van der Waals surface area contributed by atoms with Crippen LogP contribution in [0.4, 0.5) is 0 Å². The first-order valence-electron chi connectivity index (χ1n) is 10.7. The number of aryl methyl sites for hydroxylation is 1. The van der Waals surface area contributed by atoms with Gasteiger partial charge in [0.25, 0.3) is 5.56 Å². The lowest BCUT2D eigenvalue weighted by molar-refractivity contribution is -0.119. The van der Waals surface area contributed by atoms with E-state index in [4.69, 9.17) is 5.11 Å². The van der Waals surface area contributed by atoms with Crippen molar-refractivity contribution in [1.82, 2.24) is 10.3 Å². The molecule has 2 heterocycles. The van der Waals surface area contributed by atoms with Crippen molar-refractivity contribution in [2.75, 3.05) is 6.61 Å². The summed E-state index contributed by atoms with van der Waals surface area (Å²) in [6.07, 6.45) is 5.45. The number of hydrogen-bond acceptors (Lipinski definition) is 3. The Balaban J connectivity index is 1.96. The number of benzene rings is 1. The van der Waals surface area contributed by atoms with E-state index < -0.39 is 0 Å². The third-order valence-electron chi connectivity index (χ3n) is 5.59. The number of aliphatic hydroxyl groups excluding tert-OH is 1. The summed E-state index contributed by atoms with van der Waals surface area (Å²) in [5, 5.41) is 11.9. The van der Waals surface area contributed by atoms with Crippen LogP contribution in [0, 0.1) is 0 Å². The average Bonchev–Trinajstić information content (AvgIpc) is 3.12. The molecular weight excluding hydrogens is 376 g/mol. The molecular formula is C25H32N2O3. The van der Waals surface area contributed by atoms with Crippen LogP contribution in [0.1, 0.15) is 68.8 Å². The van der Waals surface area contributed by atoms with Gasteiger partial charge in [0.05, 0.1) is 0 Å². The monoisotopic (exact) mass is 408 g/mol. The predicted molar refractivity (Wildman–Crippen MR) is 120 cm³/mol. The lowest BCUT2D eigenvalue weighted by atomic mass is 9.86. The quantitative estimate of drug-likeness (QED) is 0.611. The number of H-pyrrole nitrogens is 1. The van der Waals surface area contributed by atoms with E-state index in [2.05, 4.69) is 55.3 Å². The highest BCUT2D eigenvalue weighted by atomic mass is 16.3. The van der Waals surface area contributed by atoms with Gasteiger partial charge < -0.3 is 15.4 Å². The molecule has 30 heavy (non-hydrogen) atoms. The summed E-state index contributed by atoms with van der Waals surface area (Å²) < 4.78 is 0. The number of pyridine rings is 1. The minimum Gasteiger partial charge on any atom is -0.396 e. The largest absolute Gasteiger partial charge is 0.396 e. The number of aromatic amines is 1. The molecule has 1 fully saturated rings. The molecule has 0 bridgehead atoms. The van der Waals surface area contributed by atoms with Gasteiger partial charge in [-0.2, -0.15) is 0 Å². The molecule has 160 valence electrons. The summed E-state index contributed by atoms with van der Waals surface area (Å²) >= 11 is 0. The van der Waals surface area contributed by atoms with E-state index in [1.807, 2.05) is 18.2 Å². The minimum atomic E-state index is -0.0990. The van der Waals surface area contributed by atoms with Crippen molar-refractivity contribution in [1.29, 1.82) is 0 Å². The van der Waals surface area contributed by atoms with Crippen molar-refractivity contribution >= 4 is 11.5 Å². The molecule has 1 atom stereocenters. The van der Waals surface area contributed by atoms with Crippen LogP contribution in [-0.4, -0.2) is 28.6 Å². The van der Waals surface area contributed by atoms with Crippen molar-refractivity contribution in [3.63, 3.8) is 0 Å². The van der Waals surface area contributed by atoms with Crippen molar-refractivity contribution < 1.29 is 9.90 Å². The highest BCUT2D eigenvalue weighted by molar-refractivity contribution is 5.82. The Labute approximate surface area is 178 Å². The SMILES string of the molecule is CC(C)(C)c1ccc(/C(=C\[C@H]2CCC(=O)N2)c2ccc(CCCCO)c(=O)[nH]2)cc1. The fourth-order valence-corrected chi connectivity index (χ4v) is 3.74. The molecule has 1 aliphatic rings. The Morgan fingerprint density at radius 1 is 1.10 bits per heavy atom. The maximum atomic E-state index is 12.6. The maximum Gasteiger partial charge on any atom is 0.251 e. The van der Waals surface area contributed by atoms with Crippen molar-refractivity contribution in [3.05, 3.63) is 75.2 Å². The summed E-state index contributed by atoms with van der Waals surface area (Å²) in [6, 6.07) is 12.2. The van der Waals surface area contributed by atoms with Gasteiger partial charge in [-0.15, -0.1) is 0 Å². The Hall–Kier alpha value is -2.66. The van der Waals surface area contributed by atoms with Crippen LogP contribution in [0.25, 0.3) is 5.57 Å². The fraction of sp³-hybridized carbons (Fsp3) is 0.440. The van der Waals surface area contributed by atoms with E-state index in [-0.39, 0.29) is 29.5 Å². The molecule has 5 nitrogen and oxygen atoms in total. The van der Waals surface area contributed by atoms with E-state index in [9.17, 15) is 9.59 Å². The van der Waals surface area contributed by atoms with Crippen LogP contribution < -0.4 is 10.9 Å². The molecule has 3 rings (SSSR count). The van der Waals surface area contributed by atoms with Gasteiger partial charge in [-0.25, -0.2) is 0 Å². The molecule has 0 aliphatic carbocycles. The maximum absolute atomic E-state index is 12.6. The number of aromatic nitrogens is 1. The number of amides is 1. The molecule has 1 aromatic carbocycles. The third kappa shape index (κ3) is 5.48. The first-order valence-corrected chi connectivity index (χ1v) is 10.7. The number of aliphatic hydroxyl groups is 1. The second-order valence-corrected chi connectivity index (χ2v) is 9.03. The number of unbranched alkanes of at least 4 members (excludes halogenated alkanes) is 1. The van der Waals surface area contributed by atoms with Crippen molar-refractivity contribution in [2.45, 2.75) is 64.3 Å². The summed E-state index contributed by atoms with van der Waals surface area (Å²) in [7, 11) is 0. The normalized spacial score (nSPS) is 17.3. The second kappa shape index (κ2) is 9.43. The molecule has 1 aliphatic heterocycles. The number of carbonyl (C=O) groups is 1. The molecule has 0 unspecified atom stereocenters. The lowest BCUT2D eigenvalue weighted by Gasteiger charge is -2.20. The number of carbonyl (C=O) groups excluding carboxylic acids is 1. The van der Waals surface area contributed by atoms with E-state index in [0.717, 1.165) is 35.2 Å². The summed E-state index contributed by atoms with van der Waals surface area (Å²) in [5.74, 6) is 0.0615. The molecule has 1 amide bonds. The molecule has 0 spiro atoms. The second-order valence-electron chi connectivity index (χ2n) is 9.03. The standard InChI is InChI=1S/C25H32N2O3/c1-25(2,3)19-10-7-17(8-11-19)21(16-20-12-14-23(29)26-20)22-13-9-18(24(30)27-22)6-4-5-15-28/h7-11,13,16,20,28H,4-6,12,14-15H2,1-3H3,(H,26,29)(H,27,30)/b21-16+/t20-/m1/s1. The van der Waals surface area contributed by atoms with Gasteiger partial charge in [0.2, 0.25) is 5.91 Å². The van der Waals surface area contributed by atoms with Gasteiger partial charge in [-0.05, 0) is 48.3 Å². The van der Waals surface area contributed by atoms with Crippen LogP contribution >= 0.6 is 0 Å². The zero-order chi connectivity index (χ0) is 21.7. The molecule has 5 heteroatoms. The Morgan fingerprint density at radius 2 is 1.83 bits per heavy atom. The number of hydrogen-bond donors (Lipinski definition) is 3. The fourth-order valence-electron chi connectivity index (χ4n) is 3.74. The van der Waals surface area contributed by atoms with Crippen LogP contribution in [0.15, 0.2) is 47.3 Å². The van der Waals surface area contributed by atoms with Gasteiger partial charge in [0.1, 0.15) is 0 Å². The molecule has 2 aromatic rings. The highest BCUT2D eigenvalue weighted by Gasteiger charge is 2.21. The number of rotatable bonds is 7. The summed E-state index contributed by atoms with van der Waals surface area (Å²) in [5.41, 5.74) is 4.60. The zero-order valence-corrected chi connectivity index (χ0v) is 18.1. The summed E-state index contributed by atoms with van der Waals surface area (Å²) in [6.45, 7) is 6.68. The van der Waals surface area contributed by atoms with Gasteiger partial charge in [-0.1, -0.05) is 57.2 Å². The predicted octanol–water partition coefficient (Wildman–Crippen LogP) is 3.70. The molecule has 1 aromatic heterocycles. The van der Waals surface area contributed by atoms with Gasteiger partial charge >= 0.3 is 0 Å². The van der Waals surface area contributed by atoms with E-state index in [1.54, 1.807) is 0 Å². The van der Waals surface area contributed by atoms with Crippen LogP contribution in [0.5, 0.6) is 0 Å². The average molecular weight is 409 g/mol. The smallest absolute Gasteiger partial charge is 0.251 e. The summed E-state index contributed by atoms with van der Waals surface area (Å²) in [4.78, 5) is 27.3.